The van der Waals surface area contributed by atoms with E-state index in [-0.39, 0.29) is 6.17 Å². The van der Waals surface area contributed by atoms with Gasteiger partial charge in [0.15, 0.2) is 11.5 Å². The molecule has 0 spiro atoms. The number of rotatable bonds is 7. The van der Waals surface area contributed by atoms with Crippen LogP contribution in [-0.4, -0.2) is 89.4 Å². The lowest BCUT2D eigenvalue weighted by Crippen LogP contribution is -2.57. The van der Waals surface area contributed by atoms with Crippen LogP contribution in [0.2, 0.25) is 0 Å². The highest BCUT2D eigenvalue weighted by Crippen LogP contribution is 2.31. The van der Waals surface area contributed by atoms with Crippen molar-refractivity contribution in [2.24, 2.45) is 0 Å². The van der Waals surface area contributed by atoms with Gasteiger partial charge in [-0.3, -0.25) is 9.80 Å². The Hall–Kier alpha value is -1.54. The second-order valence-electron chi connectivity index (χ2n) is 6.11. The molecule has 3 rings (SSSR count). The maximum absolute atomic E-state index is 6.12. The fraction of sp³-hybridized carbons (Fsp3) is 0.667. The van der Waals surface area contributed by atoms with Crippen LogP contribution in [-0.2, 0) is 9.47 Å². The Morgan fingerprint density at radius 2 is 1.44 bits per heavy atom. The molecule has 2 fully saturated rings. The minimum absolute atomic E-state index is 0.223. The van der Waals surface area contributed by atoms with Gasteiger partial charge in [0.1, 0.15) is 12.4 Å². The fourth-order valence-corrected chi connectivity index (χ4v) is 3.27. The van der Waals surface area contributed by atoms with E-state index in [2.05, 4.69) is 9.80 Å². The first kappa shape index (κ1) is 18.3. The van der Waals surface area contributed by atoms with E-state index in [1.54, 1.807) is 14.2 Å². The molecule has 0 radical (unpaired) electrons. The molecular formula is C18H28N2O5. The average Bonchev–Trinajstić information content (AvgIpc) is 2.69. The van der Waals surface area contributed by atoms with Crippen molar-refractivity contribution in [1.82, 2.24) is 9.80 Å². The summed E-state index contributed by atoms with van der Waals surface area (Å²) < 4.78 is 27.8. The quantitative estimate of drug-likeness (QED) is 0.728. The molecule has 0 aromatic heterocycles. The fourth-order valence-electron chi connectivity index (χ4n) is 3.27. The van der Waals surface area contributed by atoms with Gasteiger partial charge in [0.05, 0.1) is 46.8 Å². The van der Waals surface area contributed by atoms with Crippen LogP contribution in [0.3, 0.4) is 0 Å². The predicted octanol–water partition coefficient (Wildman–Crippen LogP) is 1.07. The number of ether oxygens (including phenoxy) is 5. The van der Waals surface area contributed by atoms with E-state index >= 15 is 0 Å². The summed E-state index contributed by atoms with van der Waals surface area (Å²) in [6.45, 7) is 7.40. The van der Waals surface area contributed by atoms with Crippen molar-refractivity contribution in [2.75, 3.05) is 73.4 Å². The van der Waals surface area contributed by atoms with Gasteiger partial charge in [0.2, 0.25) is 0 Å². The Bertz CT molecular complexity index is 512. The van der Waals surface area contributed by atoms with Crippen molar-refractivity contribution in [3.8, 4) is 17.2 Å². The number of hydrogen-bond acceptors (Lipinski definition) is 7. The normalized spacial score (nSPS) is 19.8. The van der Waals surface area contributed by atoms with Gasteiger partial charge in [-0.15, -0.1) is 0 Å². The lowest BCUT2D eigenvalue weighted by atomic mass is 10.2. The molecule has 0 N–H and O–H groups in total. The SMILES string of the molecule is COc1ccc(OCC(N2CCOCC2)N2CCOCC2)cc1OC. The summed E-state index contributed by atoms with van der Waals surface area (Å²) >= 11 is 0. The van der Waals surface area contributed by atoms with Gasteiger partial charge in [-0.2, -0.15) is 0 Å². The molecule has 0 aliphatic carbocycles. The molecule has 2 saturated heterocycles. The molecule has 2 aliphatic rings. The molecule has 0 bridgehead atoms. The zero-order valence-corrected chi connectivity index (χ0v) is 15.1. The first-order chi connectivity index (χ1) is 12.3. The molecule has 1 aromatic rings. The molecule has 0 unspecified atom stereocenters. The van der Waals surface area contributed by atoms with Crippen LogP contribution in [0.25, 0.3) is 0 Å². The third kappa shape index (κ3) is 4.76. The molecule has 7 heteroatoms. The van der Waals surface area contributed by atoms with Crippen LogP contribution in [0.1, 0.15) is 0 Å². The number of nitrogens with zero attached hydrogens (tertiary/aromatic N) is 2. The zero-order chi connectivity index (χ0) is 17.5. The highest BCUT2D eigenvalue weighted by molar-refractivity contribution is 5.45. The van der Waals surface area contributed by atoms with Crippen molar-refractivity contribution < 1.29 is 23.7 Å². The molecule has 1 aromatic carbocycles. The van der Waals surface area contributed by atoms with Crippen molar-refractivity contribution >= 4 is 0 Å². The standard InChI is InChI=1S/C18H28N2O5/c1-21-16-4-3-15(13-17(16)22-2)25-14-18(19-5-9-23-10-6-19)20-7-11-24-12-8-20/h3-4,13,18H,5-12,14H2,1-2H3. The number of methoxy groups -OCH3 is 2. The lowest BCUT2D eigenvalue weighted by molar-refractivity contribution is -0.0785. The van der Waals surface area contributed by atoms with E-state index < -0.39 is 0 Å². The smallest absolute Gasteiger partial charge is 0.164 e. The first-order valence-electron chi connectivity index (χ1n) is 8.80. The summed E-state index contributed by atoms with van der Waals surface area (Å²) in [5.74, 6) is 2.16. The molecule has 0 saturated carbocycles. The third-order valence-corrected chi connectivity index (χ3v) is 4.69. The maximum atomic E-state index is 6.12. The monoisotopic (exact) mass is 352 g/mol. The van der Waals surface area contributed by atoms with Crippen LogP contribution in [0.4, 0.5) is 0 Å². The second kappa shape index (κ2) is 9.24. The van der Waals surface area contributed by atoms with Gasteiger partial charge in [0, 0.05) is 32.2 Å². The Kier molecular flexibility index (Phi) is 6.75. The Morgan fingerprint density at radius 3 is 1.96 bits per heavy atom. The molecule has 140 valence electrons. The number of morpholine rings is 2. The first-order valence-corrected chi connectivity index (χ1v) is 8.80. The highest BCUT2D eigenvalue weighted by Gasteiger charge is 2.28. The van der Waals surface area contributed by atoms with E-state index in [9.17, 15) is 0 Å². The van der Waals surface area contributed by atoms with Gasteiger partial charge in [-0.05, 0) is 12.1 Å². The topological polar surface area (TPSA) is 52.6 Å². The van der Waals surface area contributed by atoms with Gasteiger partial charge in [-0.1, -0.05) is 0 Å². The van der Waals surface area contributed by atoms with E-state index in [4.69, 9.17) is 23.7 Å². The van der Waals surface area contributed by atoms with E-state index in [0.29, 0.717) is 18.1 Å². The average molecular weight is 352 g/mol. The molecule has 7 nitrogen and oxygen atoms in total. The molecule has 25 heavy (non-hydrogen) atoms. The van der Waals surface area contributed by atoms with Gasteiger partial charge in [-0.25, -0.2) is 0 Å². The van der Waals surface area contributed by atoms with Crippen LogP contribution in [0.5, 0.6) is 17.2 Å². The van der Waals surface area contributed by atoms with Gasteiger partial charge >= 0.3 is 0 Å². The number of hydrogen-bond donors (Lipinski definition) is 0. The summed E-state index contributed by atoms with van der Waals surface area (Å²) in [5, 5.41) is 0. The van der Waals surface area contributed by atoms with Crippen LogP contribution in [0, 0.1) is 0 Å². The summed E-state index contributed by atoms with van der Waals surface area (Å²) in [5.41, 5.74) is 0. The number of benzene rings is 1. The van der Waals surface area contributed by atoms with Crippen molar-refractivity contribution in [1.29, 1.82) is 0 Å². The van der Waals surface area contributed by atoms with Crippen LogP contribution >= 0.6 is 0 Å². The summed E-state index contributed by atoms with van der Waals surface area (Å²) in [6, 6.07) is 5.65. The van der Waals surface area contributed by atoms with Gasteiger partial charge in [0.25, 0.3) is 0 Å². The molecule has 2 heterocycles. The Morgan fingerprint density at radius 1 is 0.880 bits per heavy atom. The van der Waals surface area contributed by atoms with Gasteiger partial charge < -0.3 is 23.7 Å². The molecule has 0 amide bonds. The lowest BCUT2D eigenvalue weighted by Gasteiger charge is -2.42. The maximum Gasteiger partial charge on any atom is 0.164 e. The zero-order valence-electron chi connectivity index (χ0n) is 15.1. The second-order valence-corrected chi connectivity index (χ2v) is 6.11. The van der Waals surface area contributed by atoms with Crippen molar-refractivity contribution in [3.63, 3.8) is 0 Å². The van der Waals surface area contributed by atoms with E-state index in [1.165, 1.54) is 0 Å². The third-order valence-electron chi connectivity index (χ3n) is 4.69. The minimum Gasteiger partial charge on any atom is -0.493 e. The summed E-state index contributed by atoms with van der Waals surface area (Å²) in [7, 11) is 3.26. The van der Waals surface area contributed by atoms with Crippen molar-refractivity contribution in [3.05, 3.63) is 18.2 Å². The summed E-state index contributed by atoms with van der Waals surface area (Å²) in [6.07, 6.45) is 0.223. The van der Waals surface area contributed by atoms with E-state index in [0.717, 1.165) is 58.4 Å². The molecular weight excluding hydrogens is 324 g/mol. The summed E-state index contributed by atoms with van der Waals surface area (Å²) in [4.78, 5) is 4.88. The Balaban J connectivity index is 1.67. The Labute approximate surface area is 149 Å². The van der Waals surface area contributed by atoms with Crippen LogP contribution in [0.15, 0.2) is 18.2 Å². The molecule has 2 aliphatic heterocycles. The van der Waals surface area contributed by atoms with Crippen molar-refractivity contribution in [2.45, 2.75) is 6.17 Å². The van der Waals surface area contributed by atoms with E-state index in [1.807, 2.05) is 18.2 Å². The minimum atomic E-state index is 0.223. The predicted molar refractivity (Wildman–Crippen MR) is 93.6 cm³/mol. The highest BCUT2D eigenvalue weighted by atomic mass is 16.5. The van der Waals surface area contributed by atoms with Crippen LogP contribution < -0.4 is 14.2 Å². The molecule has 0 atom stereocenters. The largest absolute Gasteiger partial charge is 0.493 e.